The molecule has 2 unspecified atom stereocenters. The van der Waals surface area contributed by atoms with E-state index in [1.165, 1.54) is 30.8 Å². The molecule has 2 saturated heterocycles. The largest absolute Gasteiger partial charge is 0.298 e. The molecule has 0 aromatic carbocycles. The van der Waals surface area contributed by atoms with Crippen molar-refractivity contribution in [2.45, 2.75) is 51.9 Å². The Morgan fingerprint density at radius 3 is 2.50 bits per heavy atom. The maximum atomic E-state index is 4.44. The van der Waals surface area contributed by atoms with Crippen LogP contribution in [0, 0.1) is 6.92 Å². The summed E-state index contributed by atoms with van der Waals surface area (Å²) in [5, 5.41) is 4.44. The number of hydrogen-bond acceptors (Lipinski definition) is 3. The molecule has 100 valence electrons. The lowest BCUT2D eigenvalue weighted by Gasteiger charge is -2.57. The second kappa shape index (κ2) is 4.35. The molecule has 18 heavy (non-hydrogen) atoms. The Balaban J connectivity index is 1.65. The molecule has 3 heterocycles. The number of nitrogens with zero attached hydrogens (tertiary/aromatic N) is 4. The van der Waals surface area contributed by atoms with Crippen LogP contribution in [0.1, 0.15) is 31.5 Å². The van der Waals surface area contributed by atoms with Crippen LogP contribution in [0.2, 0.25) is 0 Å². The van der Waals surface area contributed by atoms with Gasteiger partial charge in [-0.15, -0.1) is 0 Å². The van der Waals surface area contributed by atoms with Crippen molar-refractivity contribution < 1.29 is 0 Å². The van der Waals surface area contributed by atoms with Crippen molar-refractivity contribution in [3.8, 4) is 0 Å². The van der Waals surface area contributed by atoms with E-state index in [2.05, 4.69) is 41.9 Å². The molecular weight excluding hydrogens is 224 g/mol. The molecule has 0 aliphatic carbocycles. The molecule has 2 fully saturated rings. The third kappa shape index (κ3) is 1.97. The van der Waals surface area contributed by atoms with Crippen LogP contribution in [-0.4, -0.2) is 50.8 Å². The number of likely N-dealkylation sites (tertiary alicyclic amines) is 2. The molecule has 1 aromatic heterocycles. The standard InChI is InChI=1S/C14H24N4/c1-10(2)17-8-13-5-14(9-17)18(13)7-12-6-16(4)15-11(12)3/h6,10,13-14H,5,7-9H2,1-4H3. The maximum absolute atomic E-state index is 4.44. The molecule has 4 heteroatoms. The van der Waals surface area contributed by atoms with Gasteiger partial charge in [-0.1, -0.05) is 0 Å². The van der Waals surface area contributed by atoms with Crippen LogP contribution in [0.3, 0.4) is 0 Å². The van der Waals surface area contributed by atoms with Gasteiger partial charge in [0.2, 0.25) is 0 Å². The van der Waals surface area contributed by atoms with E-state index in [1.807, 2.05) is 11.7 Å². The summed E-state index contributed by atoms with van der Waals surface area (Å²) in [6, 6.07) is 2.23. The molecule has 0 N–H and O–H groups in total. The minimum Gasteiger partial charge on any atom is -0.298 e. The van der Waals surface area contributed by atoms with Crippen molar-refractivity contribution >= 4 is 0 Å². The van der Waals surface area contributed by atoms with E-state index >= 15 is 0 Å². The van der Waals surface area contributed by atoms with E-state index in [9.17, 15) is 0 Å². The monoisotopic (exact) mass is 248 g/mol. The van der Waals surface area contributed by atoms with Crippen molar-refractivity contribution in [3.05, 3.63) is 17.5 Å². The van der Waals surface area contributed by atoms with Crippen LogP contribution in [0.4, 0.5) is 0 Å². The predicted octanol–water partition coefficient (Wildman–Crippen LogP) is 1.40. The lowest BCUT2D eigenvalue weighted by molar-refractivity contribution is -0.0835. The van der Waals surface area contributed by atoms with Crippen LogP contribution in [0.15, 0.2) is 6.20 Å². The van der Waals surface area contributed by atoms with Crippen LogP contribution >= 0.6 is 0 Å². The van der Waals surface area contributed by atoms with Crippen molar-refractivity contribution in [1.82, 2.24) is 19.6 Å². The van der Waals surface area contributed by atoms with Crippen LogP contribution < -0.4 is 0 Å². The second-order valence-corrected chi connectivity index (χ2v) is 6.18. The van der Waals surface area contributed by atoms with Gasteiger partial charge in [0.1, 0.15) is 0 Å². The summed E-state index contributed by atoms with van der Waals surface area (Å²) < 4.78 is 1.93. The predicted molar refractivity (Wildman–Crippen MR) is 72.4 cm³/mol. The number of piperazine rings is 1. The zero-order chi connectivity index (χ0) is 12.9. The Labute approximate surface area is 110 Å². The second-order valence-electron chi connectivity index (χ2n) is 6.18. The summed E-state index contributed by atoms with van der Waals surface area (Å²) in [5.41, 5.74) is 2.58. The minimum absolute atomic E-state index is 0.692. The van der Waals surface area contributed by atoms with Gasteiger partial charge in [0.25, 0.3) is 0 Å². The summed E-state index contributed by atoms with van der Waals surface area (Å²) in [4.78, 5) is 5.29. The highest BCUT2D eigenvalue weighted by Gasteiger charge is 2.44. The van der Waals surface area contributed by atoms with Gasteiger partial charge in [0.05, 0.1) is 5.69 Å². The Hall–Kier alpha value is -0.870. The smallest absolute Gasteiger partial charge is 0.0638 e. The number of rotatable bonds is 3. The number of aromatic nitrogens is 2. The van der Waals surface area contributed by atoms with E-state index in [0.717, 1.165) is 18.6 Å². The summed E-state index contributed by atoms with van der Waals surface area (Å²) in [6.45, 7) is 10.3. The Morgan fingerprint density at radius 2 is 2.00 bits per heavy atom. The normalized spacial score (nSPS) is 28.7. The maximum Gasteiger partial charge on any atom is 0.0638 e. The quantitative estimate of drug-likeness (QED) is 0.808. The first-order chi connectivity index (χ1) is 8.54. The van der Waals surface area contributed by atoms with Gasteiger partial charge < -0.3 is 0 Å². The van der Waals surface area contributed by atoms with Crippen molar-refractivity contribution in [3.63, 3.8) is 0 Å². The fourth-order valence-corrected chi connectivity index (χ4v) is 3.40. The third-order valence-electron chi connectivity index (χ3n) is 4.57. The van der Waals surface area contributed by atoms with Gasteiger partial charge in [-0.3, -0.25) is 14.5 Å². The molecule has 0 radical (unpaired) electrons. The summed E-state index contributed by atoms with van der Waals surface area (Å²) >= 11 is 0. The van der Waals surface area contributed by atoms with E-state index < -0.39 is 0 Å². The summed E-state index contributed by atoms with van der Waals surface area (Å²) in [7, 11) is 2.01. The van der Waals surface area contributed by atoms with Gasteiger partial charge in [-0.05, 0) is 27.2 Å². The van der Waals surface area contributed by atoms with E-state index in [1.54, 1.807) is 0 Å². The zero-order valence-corrected chi connectivity index (χ0v) is 11.9. The molecule has 2 atom stereocenters. The Kier molecular flexibility index (Phi) is 2.94. The third-order valence-corrected chi connectivity index (χ3v) is 4.57. The van der Waals surface area contributed by atoms with Crippen LogP contribution in [-0.2, 0) is 13.6 Å². The molecular formula is C14H24N4. The molecule has 0 amide bonds. The van der Waals surface area contributed by atoms with Crippen molar-refractivity contribution in [2.75, 3.05) is 13.1 Å². The summed E-state index contributed by atoms with van der Waals surface area (Å²) in [6.07, 6.45) is 3.56. The van der Waals surface area contributed by atoms with Gasteiger partial charge in [-0.2, -0.15) is 5.10 Å². The first-order valence-electron chi connectivity index (χ1n) is 7.03. The minimum atomic E-state index is 0.692. The van der Waals surface area contributed by atoms with E-state index in [-0.39, 0.29) is 0 Å². The molecule has 3 rings (SSSR count). The van der Waals surface area contributed by atoms with Crippen LogP contribution in [0.5, 0.6) is 0 Å². The van der Waals surface area contributed by atoms with Crippen molar-refractivity contribution in [2.24, 2.45) is 7.05 Å². The first-order valence-corrected chi connectivity index (χ1v) is 7.03. The van der Waals surface area contributed by atoms with Gasteiger partial charge >= 0.3 is 0 Å². The fourth-order valence-electron chi connectivity index (χ4n) is 3.40. The number of aryl methyl sites for hydroxylation is 2. The molecule has 2 aliphatic rings. The van der Waals surface area contributed by atoms with Crippen LogP contribution in [0.25, 0.3) is 0 Å². The zero-order valence-electron chi connectivity index (χ0n) is 11.9. The molecule has 1 aromatic rings. The van der Waals surface area contributed by atoms with Crippen molar-refractivity contribution in [1.29, 1.82) is 0 Å². The number of fused-ring (bicyclic) bond motifs is 2. The molecule has 4 nitrogen and oxygen atoms in total. The Bertz CT molecular complexity index is 425. The SMILES string of the molecule is Cc1nn(C)cc1CN1C2CC1CN(C(C)C)C2. The highest BCUT2D eigenvalue weighted by atomic mass is 15.4. The molecule has 0 saturated carbocycles. The van der Waals surface area contributed by atoms with Gasteiger partial charge in [0.15, 0.2) is 0 Å². The van der Waals surface area contributed by atoms with Gasteiger partial charge in [-0.25, -0.2) is 0 Å². The highest BCUT2D eigenvalue weighted by Crippen LogP contribution is 2.34. The fraction of sp³-hybridized carbons (Fsp3) is 0.786. The topological polar surface area (TPSA) is 24.3 Å². The molecule has 2 bridgehead atoms. The lowest BCUT2D eigenvalue weighted by atomic mass is 9.86. The lowest BCUT2D eigenvalue weighted by Crippen LogP contribution is -2.68. The average Bonchev–Trinajstić information content (AvgIpc) is 2.64. The number of hydrogen-bond donors (Lipinski definition) is 0. The molecule has 0 spiro atoms. The number of piperidine rings is 1. The van der Waals surface area contributed by atoms with E-state index in [0.29, 0.717) is 6.04 Å². The first kappa shape index (κ1) is 12.2. The van der Waals surface area contributed by atoms with E-state index in [4.69, 9.17) is 0 Å². The Morgan fingerprint density at radius 1 is 1.33 bits per heavy atom. The molecule has 2 aliphatic heterocycles. The van der Waals surface area contributed by atoms with Gasteiger partial charge in [0, 0.05) is 56.6 Å². The highest BCUT2D eigenvalue weighted by molar-refractivity contribution is 5.17. The summed E-state index contributed by atoms with van der Waals surface area (Å²) in [5.74, 6) is 0. The average molecular weight is 248 g/mol.